The van der Waals surface area contributed by atoms with E-state index < -0.39 is 0 Å². The van der Waals surface area contributed by atoms with Gasteiger partial charge in [-0.1, -0.05) is 18.2 Å². The van der Waals surface area contributed by atoms with Gasteiger partial charge in [-0.15, -0.1) is 0 Å². The molecule has 20 heavy (non-hydrogen) atoms. The Kier molecular flexibility index (Phi) is 4.14. The van der Waals surface area contributed by atoms with E-state index in [-0.39, 0.29) is 0 Å². The maximum Gasteiger partial charge on any atom is 0.0769 e. The first kappa shape index (κ1) is 13.3. The van der Waals surface area contributed by atoms with Crippen molar-refractivity contribution in [3.05, 3.63) is 48.3 Å². The molecule has 1 aromatic carbocycles. The number of piperidine rings is 1. The fourth-order valence-corrected chi connectivity index (χ4v) is 2.84. The Morgan fingerprint density at radius 2 is 2.05 bits per heavy atom. The minimum atomic E-state index is 0.301. The van der Waals surface area contributed by atoms with Crippen LogP contribution in [0.3, 0.4) is 0 Å². The monoisotopic (exact) mass is 271 g/mol. The summed E-state index contributed by atoms with van der Waals surface area (Å²) in [6.45, 7) is 3.26. The second kappa shape index (κ2) is 6.20. The van der Waals surface area contributed by atoms with Crippen LogP contribution in [0.4, 0.5) is 0 Å². The fourth-order valence-electron chi connectivity index (χ4n) is 2.84. The van der Waals surface area contributed by atoms with Crippen LogP contribution in [0.5, 0.6) is 0 Å². The van der Waals surface area contributed by atoms with Crippen LogP contribution in [-0.2, 0) is 6.54 Å². The van der Waals surface area contributed by atoms with Gasteiger partial charge in [0.25, 0.3) is 0 Å². The van der Waals surface area contributed by atoms with Crippen molar-refractivity contribution < 1.29 is 5.11 Å². The van der Waals surface area contributed by atoms with E-state index in [2.05, 4.69) is 28.2 Å². The summed E-state index contributed by atoms with van der Waals surface area (Å²) in [5.74, 6) is 0.431. The Morgan fingerprint density at radius 1 is 1.20 bits per heavy atom. The van der Waals surface area contributed by atoms with Gasteiger partial charge in [-0.2, -0.15) is 5.10 Å². The Morgan fingerprint density at radius 3 is 2.85 bits per heavy atom. The molecule has 1 fully saturated rings. The van der Waals surface area contributed by atoms with Crippen LogP contribution < -0.4 is 0 Å². The molecule has 0 bridgehead atoms. The van der Waals surface area contributed by atoms with Crippen molar-refractivity contribution in [1.82, 2.24) is 14.7 Å². The van der Waals surface area contributed by atoms with Crippen molar-refractivity contribution in [2.45, 2.75) is 19.4 Å². The van der Waals surface area contributed by atoms with Gasteiger partial charge in [0.15, 0.2) is 0 Å². The molecule has 1 aromatic heterocycles. The summed E-state index contributed by atoms with van der Waals surface area (Å²) in [6.07, 6.45) is 4.33. The number of benzene rings is 1. The second-order valence-electron chi connectivity index (χ2n) is 5.51. The molecule has 3 rings (SSSR count). The summed E-state index contributed by atoms with van der Waals surface area (Å²) in [4.78, 5) is 2.39. The van der Waals surface area contributed by atoms with Crippen LogP contribution >= 0.6 is 0 Å². The molecule has 1 N–H and O–H groups in total. The van der Waals surface area contributed by atoms with Crippen LogP contribution in [0.15, 0.2) is 42.6 Å². The zero-order chi connectivity index (χ0) is 13.8. The van der Waals surface area contributed by atoms with E-state index in [1.807, 2.05) is 29.1 Å². The third-order valence-electron chi connectivity index (χ3n) is 3.91. The Balaban J connectivity index is 1.65. The summed E-state index contributed by atoms with van der Waals surface area (Å²) in [5.41, 5.74) is 2.18. The molecular formula is C16H21N3O. The highest BCUT2D eigenvalue weighted by Crippen LogP contribution is 2.18. The average molecular weight is 271 g/mol. The molecule has 1 aliphatic rings. The molecule has 0 amide bonds. The molecule has 1 saturated heterocycles. The standard InChI is InChI=1S/C16H21N3O/c20-13-14-5-4-9-18(11-14)12-15-8-10-19(17-15)16-6-2-1-3-7-16/h1-3,6-8,10,14,20H,4-5,9,11-13H2. The SMILES string of the molecule is OCC1CCCN(Cc2ccn(-c3ccccc3)n2)C1. The third kappa shape index (κ3) is 3.08. The molecular weight excluding hydrogens is 250 g/mol. The molecule has 2 heterocycles. The van der Waals surface area contributed by atoms with E-state index in [1.54, 1.807) is 0 Å². The molecule has 2 aromatic rings. The van der Waals surface area contributed by atoms with Crippen molar-refractivity contribution in [2.24, 2.45) is 5.92 Å². The highest BCUT2D eigenvalue weighted by Gasteiger charge is 2.19. The van der Waals surface area contributed by atoms with Gasteiger partial charge < -0.3 is 5.11 Å². The number of likely N-dealkylation sites (tertiary alicyclic amines) is 1. The van der Waals surface area contributed by atoms with Gasteiger partial charge in [-0.25, -0.2) is 4.68 Å². The fraction of sp³-hybridized carbons (Fsp3) is 0.438. The van der Waals surface area contributed by atoms with Crippen molar-refractivity contribution in [3.63, 3.8) is 0 Å². The topological polar surface area (TPSA) is 41.3 Å². The number of aliphatic hydroxyl groups is 1. The van der Waals surface area contributed by atoms with Crippen molar-refractivity contribution >= 4 is 0 Å². The first-order chi connectivity index (χ1) is 9.85. The third-order valence-corrected chi connectivity index (χ3v) is 3.91. The first-order valence-corrected chi connectivity index (χ1v) is 7.28. The van der Waals surface area contributed by atoms with Crippen LogP contribution in [0, 0.1) is 5.92 Å². The minimum Gasteiger partial charge on any atom is -0.396 e. The molecule has 0 spiro atoms. The summed E-state index contributed by atoms with van der Waals surface area (Å²) >= 11 is 0. The van der Waals surface area contributed by atoms with Crippen molar-refractivity contribution in [2.75, 3.05) is 19.7 Å². The summed E-state index contributed by atoms with van der Waals surface area (Å²) in [6, 6.07) is 12.2. The Labute approximate surface area is 119 Å². The Bertz CT molecular complexity index is 538. The number of aromatic nitrogens is 2. The molecule has 0 radical (unpaired) electrons. The van der Waals surface area contributed by atoms with Gasteiger partial charge in [0.05, 0.1) is 11.4 Å². The first-order valence-electron chi connectivity index (χ1n) is 7.28. The smallest absolute Gasteiger partial charge is 0.0769 e. The van der Waals surface area contributed by atoms with E-state index in [1.165, 1.54) is 6.42 Å². The second-order valence-corrected chi connectivity index (χ2v) is 5.51. The number of hydrogen-bond acceptors (Lipinski definition) is 3. The van der Waals surface area contributed by atoms with E-state index in [0.717, 1.165) is 37.4 Å². The number of hydrogen-bond donors (Lipinski definition) is 1. The predicted octanol–water partition coefficient (Wildman–Crippen LogP) is 2.08. The lowest BCUT2D eigenvalue weighted by molar-refractivity contribution is 0.115. The van der Waals surface area contributed by atoms with Gasteiger partial charge >= 0.3 is 0 Å². The van der Waals surface area contributed by atoms with Crippen LogP contribution in [0.2, 0.25) is 0 Å². The normalized spacial score (nSPS) is 20.1. The molecule has 1 aliphatic heterocycles. The van der Waals surface area contributed by atoms with Gasteiger partial charge in [-0.05, 0) is 43.5 Å². The molecule has 1 atom stereocenters. The average Bonchev–Trinajstić information content (AvgIpc) is 2.97. The number of nitrogens with zero attached hydrogens (tertiary/aromatic N) is 3. The lowest BCUT2D eigenvalue weighted by Crippen LogP contribution is -2.36. The molecule has 1 unspecified atom stereocenters. The van der Waals surface area contributed by atoms with E-state index in [0.29, 0.717) is 12.5 Å². The number of rotatable bonds is 4. The van der Waals surface area contributed by atoms with Crippen LogP contribution in [0.1, 0.15) is 18.5 Å². The molecule has 4 nitrogen and oxygen atoms in total. The number of aliphatic hydroxyl groups excluding tert-OH is 1. The zero-order valence-corrected chi connectivity index (χ0v) is 11.7. The van der Waals surface area contributed by atoms with Gasteiger partial charge in [0.2, 0.25) is 0 Å². The quantitative estimate of drug-likeness (QED) is 0.925. The molecule has 106 valence electrons. The summed E-state index contributed by atoms with van der Waals surface area (Å²) < 4.78 is 1.92. The molecule has 4 heteroatoms. The van der Waals surface area contributed by atoms with Gasteiger partial charge in [0.1, 0.15) is 0 Å². The van der Waals surface area contributed by atoms with Gasteiger partial charge in [0, 0.05) is 25.9 Å². The zero-order valence-electron chi connectivity index (χ0n) is 11.7. The van der Waals surface area contributed by atoms with E-state index in [4.69, 9.17) is 0 Å². The van der Waals surface area contributed by atoms with E-state index in [9.17, 15) is 5.11 Å². The lowest BCUT2D eigenvalue weighted by atomic mass is 9.99. The largest absolute Gasteiger partial charge is 0.396 e. The van der Waals surface area contributed by atoms with Gasteiger partial charge in [-0.3, -0.25) is 4.90 Å². The van der Waals surface area contributed by atoms with Crippen LogP contribution in [-0.4, -0.2) is 39.5 Å². The highest BCUT2D eigenvalue weighted by atomic mass is 16.3. The van der Waals surface area contributed by atoms with Crippen LogP contribution in [0.25, 0.3) is 5.69 Å². The summed E-state index contributed by atoms with van der Waals surface area (Å²) in [5, 5.41) is 13.9. The molecule has 0 aliphatic carbocycles. The Hall–Kier alpha value is -1.65. The van der Waals surface area contributed by atoms with E-state index >= 15 is 0 Å². The molecule has 0 saturated carbocycles. The van der Waals surface area contributed by atoms with Crippen molar-refractivity contribution in [1.29, 1.82) is 0 Å². The maximum absolute atomic E-state index is 9.28. The lowest BCUT2D eigenvalue weighted by Gasteiger charge is -2.31. The highest BCUT2D eigenvalue weighted by molar-refractivity contribution is 5.30. The maximum atomic E-state index is 9.28. The van der Waals surface area contributed by atoms with Crippen molar-refractivity contribution in [3.8, 4) is 5.69 Å². The predicted molar refractivity (Wildman–Crippen MR) is 78.7 cm³/mol. The minimum absolute atomic E-state index is 0.301. The number of para-hydroxylation sites is 1. The summed E-state index contributed by atoms with van der Waals surface area (Å²) in [7, 11) is 0.